The number of nitrogens with zero attached hydrogens (tertiary/aromatic N) is 2. The molecule has 21 heavy (non-hydrogen) atoms. The number of aliphatic hydroxyl groups excluding tert-OH is 1. The number of hydrogen-bond donors (Lipinski definition) is 3. The topological polar surface area (TPSA) is 79.3 Å². The number of aliphatic hydroxyl groups is 1. The van der Waals surface area contributed by atoms with Crippen LogP contribution < -0.4 is 10.6 Å². The van der Waals surface area contributed by atoms with Crippen LogP contribution in [0.5, 0.6) is 0 Å². The highest BCUT2D eigenvalue weighted by Crippen LogP contribution is 2.21. The van der Waals surface area contributed by atoms with E-state index in [1.165, 1.54) is 0 Å². The van der Waals surface area contributed by atoms with Crippen LogP contribution >= 0.6 is 0 Å². The molecule has 6 heteroatoms. The maximum absolute atomic E-state index is 9.75. The number of rotatable bonds is 8. The fourth-order valence-corrected chi connectivity index (χ4v) is 1.99. The Balaban J connectivity index is 2.22. The second-order valence-corrected chi connectivity index (χ2v) is 4.83. The SMILES string of the molecule is CCCNc1nc(NCC(O)COC)c2ccccc2n1. The van der Waals surface area contributed by atoms with Crippen LogP contribution in [-0.2, 0) is 4.74 Å². The molecule has 114 valence electrons. The standard InChI is InChI=1S/C15H22N4O2/c1-3-8-16-15-18-13-7-5-4-6-12(13)14(19-15)17-9-11(20)10-21-2/h4-7,11,20H,3,8-10H2,1-2H3,(H2,16,17,18,19). The Morgan fingerprint density at radius 1 is 1.24 bits per heavy atom. The third-order valence-corrected chi connectivity index (χ3v) is 3.00. The molecule has 1 aromatic carbocycles. The van der Waals surface area contributed by atoms with Crippen molar-refractivity contribution in [1.82, 2.24) is 9.97 Å². The van der Waals surface area contributed by atoms with Gasteiger partial charge in [0.15, 0.2) is 0 Å². The number of aromatic nitrogens is 2. The molecule has 0 radical (unpaired) electrons. The lowest BCUT2D eigenvalue weighted by atomic mass is 10.2. The van der Waals surface area contributed by atoms with E-state index in [-0.39, 0.29) is 6.61 Å². The molecule has 0 amide bonds. The van der Waals surface area contributed by atoms with Gasteiger partial charge in [-0.25, -0.2) is 4.98 Å². The number of anilines is 2. The van der Waals surface area contributed by atoms with Crippen molar-refractivity contribution < 1.29 is 9.84 Å². The minimum absolute atomic E-state index is 0.289. The number of methoxy groups -OCH3 is 1. The smallest absolute Gasteiger partial charge is 0.225 e. The predicted molar refractivity (Wildman–Crippen MR) is 84.7 cm³/mol. The Labute approximate surface area is 124 Å². The van der Waals surface area contributed by atoms with Crippen LogP contribution in [0.25, 0.3) is 10.9 Å². The van der Waals surface area contributed by atoms with Crippen LogP contribution in [0.3, 0.4) is 0 Å². The second kappa shape index (κ2) is 7.75. The summed E-state index contributed by atoms with van der Waals surface area (Å²) in [6, 6.07) is 7.80. The van der Waals surface area contributed by atoms with Crippen LogP contribution in [0.4, 0.5) is 11.8 Å². The first-order valence-corrected chi connectivity index (χ1v) is 7.16. The van der Waals surface area contributed by atoms with Crippen molar-refractivity contribution in [3.8, 4) is 0 Å². The molecular formula is C15H22N4O2. The van der Waals surface area contributed by atoms with Gasteiger partial charge in [0.25, 0.3) is 0 Å². The van der Waals surface area contributed by atoms with E-state index in [1.54, 1.807) is 7.11 Å². The van der Waals surface area contributed by atoms with Crippen LogP contribution in [0.2, 0.25) is 0 Å². The van der Waals surface area contributed by atoms with Crippen LogP contribution in [0.15, 0.2) is 24.3 Å². The number of para-hydroxylation sites is 1. The summed E-state index contributed by atoms with van der Waals surface area (Å²) in [5, 5.41) is 17.0. The zero-order valence-corrected chi connectivity index (χ0v) is 12.5. The van der Waals surface area contributed by atoms with Gasteiger partial charge in [-0.2, -0.15) is 4.98 Å². The van der Waals surface area contributed by atoms with E-state index in [9.17, 15) is 5.11 Å². The van der Waals surface area contributed by atoms with Crippen molar-refractivity contribution in [2.75, 3.05) is 37.4 Å². The lowest BCUT2D eigenvalue weighted by molar-refractivity contribution is 0.0727. The van der Waals surface area contributed by atoms with E-state index in [0.717, 1.165) is 23.9 Å². The monoisotopic (exact) mass is 290 g/mol. The van der Waals surface area contributed by atoms with E-state index in [4.69, 9.17) is 4.74 Å². The van der Waals surface area contributed by atoms with Crippen LogP contribution in [0.1, 0.15) is 13.3 Å². The van der Waals surface area contributed by atoms with E-state index in [2.05, 4.69) is 27.5 Å². The molecule has 0 aliphatic heterocycles. The maximum Gasteiger partial charge on any atom is 0.225 e. The summed E-state index contributed by atoms with van der Waals surface area (Å²) in [6.45, 7) is 3.58. The fourth-order valence-electron chi connectivity index (χ4n) is 1.99. The summed E-state index contributed by atoms with van der Waals surface area (Å²) in [4.78, 5) is 8.97. The van der Waals surface area contributed by atoms with E-state index in [1.807, 2.05) is 24.3 Å². The molecule has 1 aromatic heterocycles. The lowest BCUT2D eigenvalue weighted by Crippen LogP contribution is -2.24. The van der Waals surface area contributed by atoms with Gasteiger partial charge in [0.1, 0.15) is 5.82 Å². The van der Waals surface area contributed by atoms with Crippen molar-refractivity contribution in [2.24, 2.45) is 0 Å². The summed E-state index contributed by atoms with van der Waals surface area (Å²) in [7, 11) is 1.57. The quantitative estimate of drug-likeness (QED) is 0.689. The Kier molecular flexibility index (Phi) is 5.71. The van der Waals surface area contributed by atoms with Gasteiger partial charge in [0.05, 0.1) is 18.2 Å². The Morgan fingerprint density at radius 3 is 2.81 bits per heavy atom. The zero-order chi connectivity index (χ0) is 15.1. The van der Waals surface area contributed by atoms with E-state index in [0.29, 0.717) is 18.3 Å². The van der Waals surface area contributed by atoms with Gasteiger partial charge in [0.2, 0.25) is 5.95 Å². The van der Waals surface area contributed by atoms with Crippen LogP contribution in [0, 0.1) is 0 Å². The molecule has 0 bridgehead atoms. The van der Waals surface area contributed by atoms with Crippen molar-refractivity contribution in [3.05, 3.63) is 24.3 Å². The van der Waals surface area contributed by atoms with Gasteiger partial charge in [-0.3, -0.25) is 0 Å². The first-order valence-electron chi connectivity index (χ1n) is 7.16. The number of fused-ring (bicyclic) bond motifs is 1. The Bertz CT molecular complexity index is 577. The minimum Gasteiger partial charge on any atom is -0.389 e. The predicted octanol–water partition coefficient (Wildman–Crippen LogP) is 1.87. The third-order valence-electron chi connectivity index (χ3n) is 3.00. The van der Waals surface area contributed by atoms with E-state index < -0.39 is 6.10 Å². The summed E-state index contributed by atoms with van der Waals surface area (Å²) < 4.78 is 4.92. The highest BCUT2D eigenvalue weighted by molar-refractivity contribution is 5.90. The summed E-state index contributed by atoms with van der Waals surface area (Å²) in [5.74, 6) is 1.31. The molecule has 0 spiro atoms. The largest absolute Gasteiger partial charge is 0.389 e. The molecule has 0 fully saturated rings. The highest BCUT2D eigenvalue weighted by atomic mass is 16.5. The lowest BCUT2D eigenvalue weighted by Gasteiger charge is -2.14. The third kappa shape index (κ3) is 4.27. The van der Waals surface area contributed by atoms with Crippen LogP contribution in [-0.4, -0.2) is 48.0 Å². The summed E-state index contributed by atoms with van der Waals surface area (Å²) >= 11 is 0. The van der Waals surface area contributed by atoms with Crippen molar-refractivity contribution in [3.63, 3.8) is 0 Å². The average Bonchev–Trinajstić information content (AvgIpc) is 2.51. The molecule has 0 aliphatic carbocycles. The molecule has 6 nitrogen and oxygen atoms in total. The second-order valence-electron chi connectivity index (χ2n) is 4.83. The summed E-state index contributed by atoms with van der Waals surface area (Å²) in [6.07, 6.45) is 0.432. The number of nitrogens with one attached hydrogen (secondary N) is 2. The molecule has 0 saturated carbocycles. The maximum atomic E-state index is 9.75. The normalized spacial score (nSPS) is 12.3. The molecule has 1 heterocycles. The first kappa shape index (κ1) is 15.5. The Morgan fingerprint density at radius 2 is 2.05 bits per heavy atom. The first-order chi connectivity index (χ1) is 10.2. The highest BCUT2D eigenvalue weighted by Gasteiger charge is 2.09. The van der Waals surface area contributed by atoms with E-state index >= 15 is 0 Å². The zero-order valence-electron chi connectivity index (χ0n) is 12.5. The minimum atomic E-state index is -0.573. The van der Waals surface area contributed by atoms with Gasteiger partial charge >= 0.3 is 0 Å². The molecule has 3 N–H and O–H groups in total. The van der Waals surface area contributed by atoms with Gasteiger partial charge in [-0.15, -0.1) is 0 Å². The van der Waals surface area contributed by atoms with Crippen molar-refractivity contribution in [2.45, 2.75) is 19.4 Å². The number of hydrogen-bond acceptors (Lipinski definition) is 6. The van der Waals surface area contributed by atoms with Gasteiger partial charge in [-0.05, 0) is 18.6 Å². The Hall–Kier alpha value is -1.92. The van der Waals surface area contributed by atoms with Gasteiger partial charge < -0.3 is 20.5 Å². The molecular weight excluding hydrogens is 268 g/mol. The van der Waals surface area contributed by atoms with Gasteiger partial charge in [-0.1, -0.05) is 19.1 Å². The van der Waals surface area contributed by atoms with Gasteiger partial charge in [0, 0.05) is 25.6 Å². The molecule has 1 unspecified atom stereocenters. The molecule has 2 aromatic rings. The average molecular weight is 290 g/mol. The fraction of sp³-hybridized carbons (Fsp3) is 0.467. The molecule has 0 saturated heterocycles. The molecule has 0 aliphatic rings. The molecule has 2 rings (SSSR count). The summed E-state index contributed by atoms with van der Waals surface area (Å²) in [5.41, 5.74) is 0.870. The number of benzene rings is 1. The van der Waals surface area contributed by atoms with Crippen molar-refractivity contribution >= 4 is 22.7 Å². The van der Waals surface area contributed by atoms with Crippen molar-refractivity contribution in [1.29, 1.82) is 0 Å². The number of ether oxygens (including phenoxy) is 1. The molecule has 1 atom stereocenters.